The van der Waals surface area contributed by atoms with Gasteiger partial charge in [-0.1, -0.05) is 12.1 Å². The maximum absolute atomic E-state index is 12.8. The summed E-state index contributed by atoms with van der Waals surface area (Å²) < 4.78 is 39.6. The van der Waals surface area contributed by atoms with Gasteiger partial charge in [-0.15, -0.1) is 0 Å². The molecule has 0 aliphatic carbocycles. The molecule has 0 aliphatic rings. The number of carbonyl (C=O) groups is 1. The summed E-state index contributed by atoms with van der Waals surface area (Å²) in [6.07, 6.45) is -3.13. The summed E-state index contributed by atoms with van der Waals surface area (Å²) in [5.41, 5.74) is -0.951. The van der Waals surface area contributed by atoms with E-state index < -0.39 is 17.0 Å². The van der Waals surface area contributed by atoms with Crippen molar-refractivity contribution in [1.29, 1.82) is 0 Å². The lowest BCUT2D eigenvalue weighted by molar-refractivity contribution is -0.137. The fourth-order valence-corrected chi connectivity index (χ4v) is 1.83. The van der Waals surface area contributed by atoms with E-state index in [0.29, 0.717) is 0 Å². The summed E-state index contributed by atoms with van der Waals surface area (Å²) >= 11 is 5.33. The lowest BCUT2D eigenvalue weighted by Crippen LogP contribution is -2.12. The van der Waals surface area contributed by atoms with Crippen LogP contribution < -0.4 is 0 Å². The first-order valence-electron chi connectivity index (χ1n) is 4.95. The monoisotopic (exact) mass is 273 g/mol. The molecule has 0 atom stereocenters. The molecule has 2 nitrogen and oxygen atoms in total. The van der Waals surface area contributed by atoms with E-state index in [4.69, 9.17) is 11.6 Å². The van der Waals surface area contributed by atoms with Crippen LogP contribution in [-0.4, -0.2) is 9.81 Å². The maximum atomic E-state index is 12.8. The second-order valence-electron chi connectivity index (χ2n) is 3.55. The van der Waals surface area contributed by atoms with Crippen LogP contribution in [0.1, 0.15) is 16.1 Å². The van der Waals surface area contributed by atoms with Crippen molar-refractivity contribution in [3.8, 4) is 5.69 Å². The molecule has 2 rings (SSSR count). The average Bonchev–Trinajstić information content (AvgIpc) is 2.76. The number of hydrogen-bond acceptors (Lipinski definition) is 1. The Kier molecular flexibility index (Phi) is 3.17. The Bertz CT molecular complexity index is 589. The van der Waals surface area contributed by atoms with E-state index >= 15 is 0 Å². The van der Waals surface area contributed by atoms with Crippen LogP contribution in [-0.2, 0) is 6.18 Å². The first-order chi connectivity index (χ1) is 8.41. The molecule has 0 unspecified atom stereocenters. The van der Waals surface area contributed by atoms with Crippen molar-refractivity contribution in [2.24, 2.45) is 0 Å². The van der Waals surface area contributed by atoms with Gasteiger partial charge in [0, 0.05) is 6.20 Å². The number of nitrogens with zero attached hydrogens (tertiary/aromatic N) is 1. The van der Waals surface area contributed by atoms with Gasteiger partial charge in [0.2, 0.25) is 0 Å². The Labute approximate surface area is 106 Å². The number of hydrogen-bond donors (Lipinski definition) is 0. The lowest BCUT2D eigenvalue weighted by Gasteiger charge is -2.14. The minimum absolute atomic E-state index is 0.00614. The van der Waals surface area contributed by atoms with Crippen molar-refractivity contribution in [2.45, 2.75) is 6.18 Å². The van der Waals surface area contributed by atoms with E-state index in [1.807, 2.05) is 0 Å². The summed E-state index contributed by atoms with van der Waals surface area (Å²) in [6.45, 7) is 0. The van der Waals surface area contributed by atoms with Crippen molar-refractivity contribution < 1.29 is 18.0 Å². The zero-order chi connectivity index (χ0) is 13.3. The van der Waals surface area contributed by atoms with E-state index in [1.54, 1.807) is 0 Å². The number of aromatic nitrogens is 1. The first-order valence-corrected chi connectivity index (χ1v) is 5.33. The molecule has 1 aromatic heterocycles. The highest BCUT2D eigenvalue weighted by atomic mass is 35.5. The Morgan fingerprint density at radius 3 is 2.39 bits per heavy atom. The van der Waals surface area contributed by atoms with Gasteiger partial charge in [0.25, 0.3) is 5.24 Å². The highest BCUT2D eigenvalue weighted by molar-refractivity contribution is 6.67. The second kappa shape index (κ2) is 4.49. The van der Waals surface area contributed by atoms with Crippen molar-refractivity contribution in [1.82, 2.24) is 4.57 Å². The Morgan fingerprint density at radius 1 is 1.11 bits per heavy atom. The molecule has 18 heavy (non-hydrogen) atoms. The number of para-hydroxylation sites is 1. The van der Waals surface area contributed by atoms with Gasteiger partial charge in [-0.25, -0.2) is 0 Å². The molecule has 0 spiro atoms. The number of halogens is 4. The van der Waals surface area contributed by atoms with Gasteiger partial charge in [-0.2, -0.15) is 13.2 Å². The average molecular weight is 274 g/mol. The predicted octanol–water partition coefficient (Wildman–Crippen LogP) is 3.88. The molecule has 1 heterocycles. The van der Waals surface area contributed by atoms with Crippen molar-refractivity contribution in [3.63, 3.8) is 0 Å². The number of carbonyl (C=O) groups excluding carboxylic acids is 1. The zero-order valence-corrected chi connectivity index (χ0v) is 9.66. The van der Waals surface area contributed by atoms with Crippen LogP contribution in [0.3, 0.4) is 0 Å². The molecule has 6 heteroatoms. The van der Waals surface area contributed by atoms with Gasteiger partial charge in [0.1, 0.15) is 5.69 Å². The molecule has 0 saturated heterocycles. The number of benzene rings is 1. The molecule has 0 bridgehead atoms. The van der Waals surface area contributed by atoms with Crippen LogP contribution in [0.15, 0.2) is 42.6 Å². The van der Waals surface area contributed by atoms with E-state index in [0.717, 1.165) is 10.6 Å². The van der Waals surface area contributed by atoms with E-state index in [-0.39, 0.29) is 11.4 Å². The fourth-order valence-electron chi connectivity index (χ4n) is 1.67. The van der Waals surface area contributed by atoms with Gasteiger partial charge in [0.15, 0.2) is 0 Å². The summed E-state index contributed by atoms with van der Waals surface area (Å²) in [5.74, 6) is 0. The standard InChI is InChI=1S/C12H7ClF3NO/c13-11(18)10-6-3-7-17(10)9-5-2-1-4-8(9)12(14,15)16/h1-7H. The number of alkyl halides is 3. The topological polar surface area (TPSA) is 22.0 Å². The molecule has 0 amide bonds. The molecule has 1 aromatic carbocycles. The third kappa shape index (κ3) is 2.26. The van der Waals surface area contributed by atoms with Gasteiger partial charge < -0.3 is 4.57 Å². The molecule has 0 radical (unpaired) electrons. The van der Waals surface area contributed by atoms with Gasteiger partial charge in [-0.3, -0.25) is 4.79 Å². The molecule has 94 valence electrons. The molecule has 0 fully saturated rings. The quantitative estimate of drug-likeness (QED) is 0.761. The molecule has 2 aromatic rings. The Hall–Kier alpha value is -1.75. The minimum Gasteiger partial charge on any atom is -0.312 e. The van der Waals surface area contributed by atoms with Crippen LogP contribution >= 0.6 is 11.6 Å². The van der Waals surface area contributed by atoms with Crippen molar-refractivity contribution in [2.75, 3.05) is 0 Å². The first kappa shape index (κ1) is 12.7. The number of rotatable bonds is 2. The molecule has 0 N–H and O–H groups in total. The van der Waals surface area contributed by atoms with E-state index in [9.17, 15) is 18.0 Å². The summed E-state index contributed by atoms with van der Waals surface area (Å²) in [6, 6.07) is 7.82. The molecular formula is C12H7ClF3NO. The van der Waals surface area contributed by atoms with Crippen LogP contribution in [0.2, 0.25) is 0 Å². The SMILES string of the molecule is O=C(Cl)c1cccn1-c1ccccc1C(F)(F)F. The van der Waals surface area contributed by atoms with Gasteiger partial charge in [-0.05, 0) is 35.9 Å². The highest BCUT2D eigenvalue weighted by Crippen LogP contribution is 2.34. The summed E-state index contributed by atoms with van der Waals surface area (Å²) in [5, 5.41) is -0.808. The molecular weight excluding hydrogens is 267 g/mol. The van der Waals surface area contributed by atoms with Crippen LogP contribution in [0.5, 0.6) is 0 Å². The molecule has 0 saturated carbocycles. The third-order valence-corrected chi connectivity index (χ3v) is 2.61. The predicted molar refractivity (Wildman–Crippen MR) is 61.0 cm³/mol. The van der Waals surface area contributed by atoms with Crippen LogP contribution in [0.25, 0.3) is 5.69 Å². The summed E-state index contributed by atoms with van der Waals surface area (Å²) in [4.78, 5) is 11.1. The normalized spacial score (nSPS) is 11.6. The van der Waals surface area contributed by atoms with Gasteiger partial charge >= 0.3 is 6.18 Å². The molecule has 0 aliphatic heterocycles. The van der Waals surface area contributed by atoms with Crippen LogP contribution in [0, 0.1) is 0 Å². The van der Waals surface area contributed by atoms with Gasteiger partial charge in [0.05, 0.1) is 11.3 Å². The third-order valence-electron chi connectivity index (χ3n) is 2.42. The zero-order valence-electron chi connectivity index (χ0n) is 8.91. The lowest BCUT2D eigenvalue weighted by atomic mass is 10.1. The highest BCUT2D eigenvalue weighted by Gasteiger charge is 2.34. The maximum Gasteiger partial charge on any atom is 0.418 e. The van der Waals surface area contributed by atoms with Crippen LogP contribution in [0.4, 0.5) is 13.2 Å². The largest absolute Gasteiger partial charge is 0.418 e. The summed E-state index contributed by atoms with van der Waals surface area (Å²) in [7, 11) is 0. The van der Waals surface area contributed by atoms with E-state index in [2.05, 4.69) is 0 Å². The van der Waals surface area contributed by atoms with E-state index in [1.165, 1.54) is 36.5 Å². The smallest absolute Gasteiger partial charge is 0.312 e. The minimum atomic E-state index is -4.49. The Morgan fingerprint density at radius 2 is 1.78 bits per heavy atom. The fraction of sp³-hybridized carbons (Fsp3) is 0.0833. The Balaban J connectivity index is 2.65. The second-order valence-corrected chi connectivity index (χ2v) is 3.90. The van der Waals surface area contributed by atoms with Crippen molar-refractivity contribution in [3.05, 3.63) is 53.9 Å². The van der Waals surface area contributed by atoms with Crippen molar-refractivity contribution >= 4 is 16.8 Å².